The summed E-state index contributed by atoms with van der Waals surface area (Å²) in [5.74, 6) is 0. The van der Waals surface area contributed by atoms with Crippen LogP contribution in [0.25, 0.3) is 16.3 Å². The molecule has 0 radical (unpaired) electrons. The molecule has 0 spiro atoms. The molecule has 0 bridgehead atoms. The summed E-state index contributed by atoms with van der Waals surface area (Å²) in [4.78, 5) is 0.950. The summed E-state index contributed by atoms with van der Waals surface area (Å²) in [6.07, 6.45) is 0. The lowest BCUT2D eigenvalue weighted by molar-refractivity contribution is 0.803. The van der Waals surface area contributed by atoms with Crippen LogP contribution in [0.3, 0.4) is 0 Å². The molecular formula is C14H9ClN4S. The van der Waals surface area contributed by atoms with E-state index >= 15 is 0 Å². The van der Waals surface area contributed by atoms with Crippen LogP contribution in [0, 0.1) is 18.3 Å². The average molecular weight is 301 g/mol. The number of aryl methyl sites for hydroxylation is 1. The number of hydrogen-bond acceptors (Lipinski definition) is 4. The number of thiophene rings is 1. The first kappa shape index (κ1) is 12.9. The summed E-state index contributed by atoms with van der Waals surface area (Å²) in [6.45, 7) is 1.97. The van der Waals surface area contributed by atoms with Crippen LogP contribution in [0.5, 0.6) is 0 Å². The van der Waals surface area contributed by atoms with E-state index in [2.05, 4.69) is 16.4 Å². The van der Waals surface area contributed by atoms with Gasteiger partial charge in [0.25, 0.3) is 0 Å². The molecule has 3 rings (SSSR count). The van der Waals surface area contributed by atoms with Gasteiger partial charge in [0.1, 0.15) is 11.8 Å². The summed E-state index contributed by atoms with van der Waals surface area (Å²) < 4.78 is 1.67. The molecule has 0 fully saturated rings. The molecule has 98 valence electrons. The number of rotatable bonds is 2. The quantitative estimate of drug-likeness (QED) is 0.722. The first-order valence-electron chi connectivity index (χ1n) is 5.87. The van der Waals surface area contributed by atoms with E-state index in [0.717, 1.165) is 16.1 Å². The van der Waals surface area contributed by atoms with Gasteiger partial charge in [-0.15, -0.1) is 16.4 Å². The molecule has 0 aliphatic carbocycles. The van der Waals surface area contributed by atoms with Crippen LogP contribution in [-0.4, -0.2) is 15.0 Å². The maximum Gasteiger partial charge on any atom is 0.191 e. The van der Waals surface area contributed by atoms with E-state index < -0.39 is 0 Å². The van der Waals surface area contributed by atoms with Crippen molar-refractivity contribution in [1.29, 1.82) is 5.26 Å². The predicted molar refractivity (Wildman–Crippen MR) is 79.1 cm³/mol. The normalized spacial score (nSPS) is 10.4. The third-order valence-electron chi connectivity index (χ3n) is 2.93. The van der Waals surface area contributed by atoms with Crippen molar-refractivity contribution in [2.75, 3.05) is 0 Å². The van der Waals surface area contributed by atoms with Crippen LogP contribution < -0.4 is 0 Å². The molecule has 20 heavy (non-hydrogen) atoms. The Morgan fingerprint density at radius 1 is 1.35 bits per heavy atom. The highest BCUT2D eigenvalue weighted by molar-refractivity contribution is 7.13. The molecule has 0 amide bonds. The van der Waals surface area contributed by atoms with Gasteiger partial charge in [0.05, 0.1) is 10.6 Å². The fourth-order valence-electron chi connectivity index (χ4n) is 1.97. The third-order valence-corrected chi connectivity index (χ3v) is 4.04. The van der Waals surface area contributed by atoms with Crippen LogP contribution in [0.15, 0.2) is 35.7 Å². The minimum Gasteiger partial charge on any atom is -0.210 e. The van der Waals surface area contributed by atoms with Gasteiger partial charge >= 0.3 is 0 Å². The van der Waals surface area contributed by atoms with Gasteiger partial charge in [0.15, 0.2) is 5.69 Å². The van der Waals surface area contributed by atoms with Crippen LogP contribution in [0.4, 0.5) is 0 Å². The lowest BCUT2D eigenvalue weighted by Gasteiger charge is -2.08. The number of nitrogens with zero attached hydrogens (tertiary/aromatic N) is 4. The summed E-state index contributed by atoms with van der Waals surface area (Å²) in [6, 6.07) is 11.5. The van der Waals surface area contributed by atoms with Crippen molar-refractivity contribution in [3.05, 3.63) is 52.0 Å². The second kappa shape index (κ2) is 5.08. The van der Waals surface area contributed by atoms with Crippen LogP contribution in [0.2, 0.25) is 5.02 Å². The van der Waals surface area contributed by atoms with Crippen LogP contribution in [-0.2, 0) is 0 Å². The lowest BCUT2D eigenvalue weighted by Crippen LogP contribution is -2.01. The van der Waals surface area contributed by atoms with Crippen molar-refractivity contribution in [3.8, 4) is 22.3 Å². The van der Waals surface area contributed by atoms with E-state index in [0.29, 0.717) is 16.4 Å². The minimum absolute atomic E-state index is 0.312. The zero-order chi connectivity index (χ0) is 14.1. The molecule has 0 N–H and O–H groups in total. The van der Waals surface area contributed by atoms with Crippen molar-refractivity contribution < 1.29 is 0 Å². The number of aromatic nitrogens is 3. The Bertz CT molecular complexity index is 799. The summed E-state index contributed by atoms with van der Waals surface area (Å²) in [7, 11) is 0. The Morgan fingerprint density at radius 3 is 2.90 bits per heavy atom. The summed E-state index contributed by atoms with van der Waals surface area (Å²) >= 11 is 7.60. The molecular weight excluding hydrogens is 292 g/mol. The molecule has 4 nitrogen and oxygen atoms in total. The van der Waals surface area contributed by atoms with E-state index in [1.54, 1.807) is 16.0 Å². The Hall–Kier alpha value is -2.16. The highest BCUT2D eigenvalue weighted by Gasteiger charge is 2.18. The second-order valence-electron chi connectivity index (χ2n) is 4.22. The maximum absolute atomic E-state index is 9.21. The molecule has 2 heterocycles. The van der Waals surface area contributed by atoms with Crippen molar-refractivity contribution in [2.24, 2.45) is 0 Å². The van der Waals surface area contributed by atoms with Gasteiger partial charge in [0.2, 0.25) is 0 Å². The van der Waals surface area contributed by atoms with E-state index in [-0.39, 0.29) is 0 Å². The van der Waals surface area contributed by atoms with Crippen molar-refractivity contribution in [3.63, 3.8) is 0 Å². The van der Waals surface area contributed by atoms with Crippen LogP contribution >= 0.6 is 22.9 Å². The number of benzene rings is 1. The van der Waals surface area contributed by atoms with Crippen molar-refractivity contribution >= 4 is 22.9 Å². The Morgan fingerprint density at radius 2 is 2.20 bits per heavy atom. The first-order chi connectivity index (χ1) is 9.70. The number of halogens is 1. The molecule has 0 saturated heterocycles. The lowest BCUT2D eigenvalue weighted by atomic mass is 10.2. The fraction of sp³-hybridized carbons (Fsp3) is 0.0714. The molecule has 2 aromatic heterocycles. The van der Waals surface area contributed by atoms with Gasteiger partial charge in [0, 0.05) is 5.02 Å². The molecule has 0 saturated carbocycles. The van der Waals surface area contributed by atoms with E-state index in [4.69, 9.17) is 11.6 Å². The van der Waals surface area contributed by atoms with Gasteiger partial charge in [-0.1, -0.05) is 28.9 Å². The van der Waals surface area contributed by atoms with Gasteiger partial charge in [-0.25, -0.2) is 4.68 Å². The molecule has 0 aliphatic heterocycles. The Labute approximate surface area is 124 Å². The monoisotopic (exact) mass is 300 g/mol. The van der Waals surface area contributed by atoms with Gasteiger partial charge in [-0.2, -0.15) is 5.26 Å². The van der Waals surface area contributed by atoms with E-state index in [9.17, 15) is 5.26 Å². The Balaban J connectivity index is 2.28. The highest BCUT2D eigenvalue weighted by atomic mass is 35.5. The van der Waals surface area contributed by atoms with Gasteiger partial charge in [-0.3, -0.25) is 0 Å². The molecule has 0 atom stereocenters. The van der Waals surface area contributed by atoms with Gasteiger partial charge < -0.3 is 0 Å². The minimum atomic E-state index is 0.312. The van der Waals surface area contributed by atoms with E-state index in [1.807, 2.05) is 42.6 Å². The van der Waals surface area contributed by atoms with Gasteiger partial charge in [-0.05, 0) is 36.1 Å². The zero-order valence-corrected chi connectivity index (χ0v) is 12.1. The van der Waals surface area contributed by atoms with E-state index in [1.165, 1.54) is 0 Å². The SMILES string of the molecule is Cc1ccc(Cl)cc1-n1nnc(C#N)c1-c1cccs1. The van der Waals surface area contributed by atoms with Crippen molar-refractivity contribution in [1.82, 2.24) is 15.0 Å². The maximum atomic E-state index is 9.21. The highest BCUT2D eigenvalue weighted by Crippen LogP contribution is 2.30. The number of hydrogen-bond donors (Lipinski definition) is 0. The second-order valence-corrected chi connectivity index (χ2v) is 5.60. The molecule has 6 heteroatoms. The summed E-state index contributed by atoms with van der Waals surface area (Å²) in [5, 5.41) is 19.9. The first-order valence-corrected chi connectivity index (χ1v) is 7.12. The summed E-state index contributed by atoms with van der Waals surface area (Å²) in [5.41, 5.74) is 2.86. The largest absolute Gasteiger partial charge is 0.210 e. The molecule has 0 unspecified atom stereocenters. The van der Waals surface area contributed by atoms with Crippen LogP contribution in [0.1, 0.15) is 11.3 Å². The third kappa shape index (κ3) is 2.09. The smallest absolute Gasteiger partial charge is 0.191 e. The number of nitriles is 1. The topological polar surface area (TPSA) is 54.5 Å². The molecule has 0 aliphatic rings. The molecule has 3 aromatic rings. The van der Waals surface area contributed by atoms with Crippen molar-refractivity contribution in [2.45, 2.75) is 6.92 Å². The standard InChI is InChI=1S/C14H9ClN4S/c1-9-4-5-10(15)7-12(9)19-14(11(8-16)17-18-19)13-3-2-6-20-13/h2-7H,1H3. The molecule has 1 aromatic carbocycles. The Kier molecular flexibility index (Phi) is 3.26. The zero-order valence-electron chi connectivity index (χ0n) is 10.5. The fourth-order valence-corrected chi connectivity index (χ4v) is 2.89. The predicted octanol–water partition coefficient (Wildman–Crippen LogP) is 3.83. The average Bonchev–Trinajstić information content (AvgIpc) is 3.08.